The van der Waals surface area contributed by atoms with Gasteiger partial charge in [0, 0.05) is 25.8 Å². The molecule has 0 aromatic carbocycles. The first-order valence-corrected chi connectivity index (χ1v) is 6.65. The van der Waals surface area contributed by atoms with Crippen LogP contribution in [0.15, 0.2) is 18.3 Å². The number of carboxylic acid groups (broad SMARTS) is 1. The van der Waals surface area contributed by atoms with E-state index in [0.717, 1.165) is 5.56 Å². The summed E-state index contributed by atoms with van der Waals surface area (Å²) in [5.41, 5.74) is 0.763. The molecule has 0 unspecified atom stereocenters. The van der Waals surface area contributed by atoms with Gasteiger partial charge in [0.15, 0.2) is 0 Å². The van der Waals surface area contributed by atoms with E-state index in [-0.39, 0.29) is 11.7 Å². The van der Waals surface area contributed by atoms with Crippen molar-refractivity contribution < 1.29 is 14.7 Å². The number of nitrogens with one attached hydrogen (secondary N) is 1. The van der Waals surface area contributed by atoms with E-state index in [9.17, 15) is 9.59 Å². The molecule has 0 aliphatic carbocycles. The molecule has 0 spiro atoms. The third kappa shape index (κ3) is 4.87. The number of pyridine rings is 1. The summed E-state index contributed by atoms with van der Waals surface area (Å²) < 4.78 is 0. The van der Waals surface area contributed by atoms with Gasteiger partial charge < -0.3 is 15.3 Å². The predicted molar refractivity (Wildman–Crippen MR) is 75.5 cm³/mol. The lowest BCUT2D eigenvalue weighted by atomic mass is 10.2. The van der Waals surface area contributed by atoms with Crippen molar-refractivity contribution in [2.24, 2.45) is 5.92 Å². The van der Waals surface area contributed by atoms with Crippen LogP contribution >= 0.6 is 0 Å². The van der Waals surface area contributed by atoms with Crippen LogP contribution in [0.4, 0.5) is 4.79 Å². The van der Waals surface area contributed by atoms with E-state index < -0.39 is 5.97 Å². The second kappa shape index (κ2) is 7.47. The Bertz CT molecular complexity index is 457. The van der Waals surface area contributed by atoms with Gasteiger partial charge in [0.2, 0.25) is 0 Å². The van der Waals surface area contributed by atoms with Crippen molar-refractivity contribution >= 4 is 12.0 Å². The van der Waals surface area contributed by atoms with Crippen LogP contribution in [0.3, 0.4) is 0 Å². The number of carbonyl (C=O) groups is 2. The minimum absolute atomic E-state index is 0.00457. The molecule has 0 aliphatic rings. The fraction of sp³-hybridized carbons (Fsp3) is 0.500. The molecular weight excluding hydrogens is 258 g/mol. The van der Waals surface area contributed by atoms with Gasteiger partial charge in [0.25, 0.3) is 0 Å². The summed E-state index contributed by atoms with van der Waals surface area (Å²) in [6, 6.07) is 2.95. The molecule has 0 fully saturated rings. The normalized spacial score (nSPS) is 10.4. The molecular formula is C14H21N3O3. The number of urea groups is 1. The van der Waals surface area contributed by atoms with Gasteiger partial charge in [0.1, 0.15) is 5.69 Å². The maximum absolute atomic E-state index is 12.0. The second-order valence-electron chi connectivity index (χ2n) is 4.95. The van der Waals surface area contributed by atoms with Crippen LogP contribution in [0.2, 0.25) is 0 Å². The average Bonchev–Trinajstić information content (AvgIpc) is 2.42. The van der Waals surface area contributed by atoms with Crippen molar-refractivity contribution in [3.05, 3.63) is 29.6 Å². The van der Waals surface area contributed by atoms with Crippen molar-refractivity contribution in [1.29, 1.82) is 0 Å². The Hall–Kier alpha value is -2.11. The molecule has 6 nitrogen and oxygen atoms in total. The zero-order chi connectivity index (χ0) is 15.1. The minimum Gasteiger partial charge on any atom is -0.477 e. The fourth-order valence-corrected chi connectivity index (χ4v) is 1.74. The molecule has 2 N–H and O–H groups in total. The average molecular weight is 279 g/mol. The van der Waals surface area contributed by atoms with E-state index in [2.05, 4.69) is 24.1 Å². The highest BCUT2D eigenvalue weighted by atomic mass is 16.4. The number of hydrogen-bond acceptors (Lipinski definition) is 3. The molecule has 1 heterocycles. The van der Waals surface area contributed by atoms with Crippen LogP contribution in [-0.2, 0) is 6.54 Å². The summed E-state index contributed by atoms with van der Waals surface area (Å²) in [5.74, 6) is -0.646. The van der Waals surface area contributed by atoms with Gasteiger partial charge in [-0.05, 0) is 24.5 Å². The SMILES string of the molecule is CCN(CC(C)C)C(=O)NCc1ccc(C(=O)O)nc1. The largest absolute Gasteiger partial charge is 0.477 e. The number of aromatic nitrogens is 1. The Morgan fingerprint density at radius 2 is 2.10 bits per heavy atom. The fourth-order valence-electron chi connectivity index (χ4n) is 1.74. The highest BCUT2D eigenvalue weighted by Crippen LogP contribution is 2.02. The Morgan fingerprint density at radius 3 is 2.55 bits per heavy atom. The highest BCUT2D eigenvalue weighted by Gasteiger charge is 2.12. The smallest absolute Gasteiger partial charge is 0.354 e. The van der Waals surface area contributed by atoms with Crippen molar-refractivity contribution in [1.82, 2.24) is 15.2 Å². The quantitative estimate of drug-likeness (QED) is 0.834. The minimum atomic E-state index is -1.06. The molecule has 6 heteroatoms. The zero-order valence-corrected chi connectivity index (χ0v) is 12.1. The molecule has 20 heavy (non-hydrogen) atoms. The summed E-state index contributed by atoms with van der Waals surface area (Å²) in [4.78, 5) is 28.2. The predicted octanol–water partition coefficient (Wildman–Crippen LogP) is 1.97. The summed E-state index contributed by atoms with van der Waals surface area (Å²) in [5, 5.41) is 11.5. The van der Waals surface area contributed by atoms with E-state index in [1.165, 1.54) is 12.3 Å². The van der Waals surface area contributed by atoms with Gasteiger partial charge in [-0.15, -0.1) is 0 Å². The Labute approximate surface area is 118 Å². The van der Waals surface area contributed by atoms with Crippen LogP contribution in [0, 0.1) is 5.92 Å². The molecule has 0 aliphatic heterocycles. The number of amides is 2. The van der Waals surface area contributed by atoms with E-state index in [1.807, 2.05) is 6.92 Å². The highest BCUT2D eigenvalue weighted by molar-refractivity contribution is 5.85. The van der Waals surface area contributed by atoms with Crippen molar-refractivity contribution in [2.75, 3.05) is 13.1 Å². The maximum atomic E-state index is 12.0. The van der Waals surface area contributed by atoms with E-state index >= 15 is 0 Å². The van der Waals surface area contributed by atoms with Gasteiger partial charge in [-0.3, -0.25) is 0 Å². The lowest BCUT2D eigenvalue weighted by Gasteiger charge is -2.23. The molecule has 0 saturated heterocycles. The van der Waals surface area contributed by atoms with Crippen LogP contribution in [-0.4, -0.2) is 40.1 Å². The Morgan fingerprint density at radius 1 is 1.40 bits per heavy atom. The molecule has 0 bridgehead atoms. The number of carbonyl (C=O) groups excluding carboxylic acids is 1. The van der Waals surface area contributed by atoms with Gasteiger partial charge in [-0.1, -0.05) is 19.9 Å². The lowest BCUT2D eigenvalue weighted by Crippen LogP contribution is -2.41. The van der Waals surface area contributed by atoms with Gasteiger partial charge in [-0.2, -0.15) is 0 Å². The maximum Gasteiger partial charge on any atom is 0.354 e. The Balaban J connectivity index is 2.53. The van der Waals surface area contributed by atoms with Crippen LogP contribution < -0.4 is 5.32 Å². The molecule has 1 aromatic rings. The monoisotopic (exact) mass is 279 g/mol. The molecule has 0 radical (unpaired) electrons. The topological polar surface area (TPSA) is 82.5 Å². The van der Waals surface area contributed by atoms with Crippen molar-refractivity contribution in [2.45, 2.75) is 27.3 Å². The van der Waals surface area contributed by atoms with Crippen LogP contribution in [0.1, 0.15) is 36.8 Å². The third-order valence-electron chi connectivity index (χ3n) is 2.74. The van der Waals surface area contributed by atoms with E-state index in [4.69, 9.17) is 5.11 Å². The van der Waals surface area contributed by atoms with Gasteiger partial charge in [-0.25, -0.2) is 14.6 Å². The molecule has 2 amide bonds. The van der Waals surface area contributed by atoms with Gasteiger partial charge >= 0.3 is 12.0 Å². The molecule has 0 atom stereocenters. The number of aromatic carboxylic acids is 1. The number of hydrogen-bond donors (Lipinski definition) is 2. The second-order valence-corrected chi connectivity index (χ2v) is 4.95. The van der Waals surface area contributed by atoms with Crippen molar-refractivity contribution in [3.8, 4) is 0 Å². The summed E-state index contributed by atoms with van der Waals surface area (Å²) in [6.07, 6.45) is 1.46. The molecule has 1 aromatic heterocycles. The molecule has 1 rings (SSSR count). The third-order valence-corrected chi connectivity index (χ3v) is 2.74. The summed E-state index contributed by atoms with van der Waals surface area (Å²) in [6.45, 7) is 7.75. The van der Waals surface area contributed by atoms with Gasteiger partial charge in [0.05, 0.1) is 0 Å². The first-order valence-electron chi connectivity index (χ1n) is 6.65. The van der Waals surface area contributed by atoms with Crippen molar-refractivity contribution in [3.63, 3.8) is 0 Å². The van der Waals surface area contributed by atoms with Crippen LogP contribution in [0.5, 0.6) is 0 Å². The van der Waals surface area contributed by atoms with E-state index in [0.29, 0.717) is 25.6 Å². The zero-order valence-electron chi connectivity index (χ0n) is 12.1. The number of nitrogens with zero attached hydrogens (tertiary/aromatic N) is 2. The standard InChI is InChI=1S/C14H21N3O3/c1-4-17(9-10(2)3)14(20)16-8-11-5-6-12(13(18)19)15-7-11/h5-7,10H,4,8-9H2,1-3H3,(H,16,20)(H,18,19). The molecule has 110 valence electrons. The lowest BCUT2D eigenvalue weighted by molar-refractivity contribution is 0.0690. The Kier molecular flexibility index (Phi) is 5.96. The van der Waals surface area contributed by atoms with Crippen LogP contribution in [0.25, 0.3) is 0 Å². The summed E-state index contributed by atoms with van der Waals surface area (Å²) in [7, 11) is 0. The number of rotatable bonds is 6. The van der Waals surface area contributed by atoms with E-state index in [1.54, 1.807) is 11.0 Å². The first-order chi connectivity index (χ1) is 9.43. The molecule has 0 saturated carbocycles. The first kappa shape index (κ1) is 15.9. The number of carboxylic acids is 1. The summed E-state index contributed by atoms with van der Waals surface area (Å²) >= 11 is 0.